The van der Waals surface area contributed by atoms with E-state index in [0.717, 1.165) is 18.9 Å². The van der Waals surface area contributed by atoms with Crippen molar-refractivity contribution in [1.29, 1.82) is 0 Å². The van der Waals surface area contributed by atoms with Gasteiger partial charge in [-0.2, -0.15) is 5.10 Å². The topological polar surface area (TPSA) is 29.9 Å². The maximum atomic E-state index is 4.21. The summed E-state index contributed by atoms with van der Waals surface area (Å²) in [4.78, 5) is 0. The summed E-state index contributed by atoms with van der Waals surface area (Å²) >= 11 is 0. The van der Waals surface area contributed by atoms with Crippen LogP contribution in [0.3, 0.4) is 0 Å². The molecular formula is C14H27N3. The fourth-order valence-electron chi connectivity index (χ4n) is 2.19. The molecule has 1 N–H and O–H groups in total. The highest BCUT2D eigenvalue weighted by Gasteiger charge is 2.11. The lowest BCUT2D eigenvalue weighted by Gasteiger charge is -2.20. The molecule has 0 saturated heterocycles. The Morgan fingerprint density at radius 1 is 1.41 bits per heavy atom. The average Bonchev–Trinajstić information content (AvgIpc) is 2.67. The van der Waals surface area contributed by atoms with E-state index in [1.54, 1.807) is 0 Å². The standard InChI is InChI=1S/C14H27N3/c1-5-9-15-13(11-12(2)3)6-7-14-8-10-16-17(14)4/h8,10,12-13,15H,5-7,9,11H2,1-4H3. The van der Waals surface area contributed by atoms with Gasteiger partial charge in [-0.25, -0.2) is 0 Å². The molecule has 1 atom stereocenters. The van der Waals surface area contributed by atoms with Gasteiger partial charge in [0.2, 0.25) is 0 Å². The minimum atomic E-state index is 0.643. The van der Waals surface area contributed by atoms with Crippen LogP contribution in [-0.2, 0) is 13.5 Å². The first-order valence-electron chi connectivity index (χ1n) is 6.83. The van der Waals surface area contributed by atoms with Crippen molar-refractivity contribution in [1.82, 2.24) is 15.1 Å². The summed E-state index contributed by atoms with van der Waals surface area (Å²) in [6.07, 6.45) is 6.67. The molecule has 17 heavy (non-hydrogen) atoms. The van der Waals surface area contributed by atoms with Crippen LogP contribution in [0.25, 0.3) is 0 Å². The molecule has 3 heteroatoms. The molecule has 1 rings (SSSR count). The van der Waals surface area contributed by atoms with Gasteiger partial charge in [0.05, 0.1) is 0 Å². The van der Waals surface area contributed by atoms with Crippen molar-refractivity contribution in [2.45, 2.75) is 52.5 Å². The van der Waals surface area contributed by atoms with Gasteiger partial charge in [0.1, 0.15) is 0 Å². The van der Waals surface area contributed by atoms with Crippen molar-refractivity contribution in [3.63, 3.8) is 0 Å². The molecule has 0 aliphatic carbocycles. The minimum Gasteiger partial charge on any atom is -0.314 e. The Hall–Kier alpha value is -0.830. The number of aromatic nitrogens is 2. The van der Waals surface area contributed by atoms with Crippen molar-refractivity contribution in [2.75, 3.05) is 6.54 Å². The van der Waals surface area contributed by atoms with Crippen LogP contribution in [0.2, 0.25) is 0 Å². The molecule has 0 radical (unpaired) electrons. The Bertz CT molecular complexity index is 304. The lowest BCUT2D eigenvalue weighted by Crippen LogP contribution is -2.31. The number of nitrogens with zero attached hydrogens (tertiary/aromatic N) is 2. The zero-order valence-corrected chi connectivity index (χ0v) is 11.7. The summed E-state index contributed by atoms with van der Waals surface area (Å²) in [6.45, 7) is 7.94. The second-order valence-corrected chi connectivity index (χ2v) is 5.27. The Labute approximate surface area is 106 Å². The molecular weight excluding hydrogens is 210 g/mol. The van der Waals surface area contributed by atoms with Gasteiger partial charge >= 0.3 is 0 Å². The SMILES string of the molecule is CCCNC(CCc1ccnn1C)CC(C)C. The lowest BCUT2D eigenvalue weighted by molar-refractivity contribution is 0.396. The van der Waals surface area contributed by atoms with Crippen LogP contribution in [0.1, 0.15) is 45.7 Å². The van der Waals surface area contributed by atoms with Gasteiger partial charge in [0.15, 0.2) is 0 Å². The predicted octanol–water partition coefficient (Wildman–Crippen LogP) is 2.77. The Balaban J connectivity index is 2.40. The van der Waals surface area contributed by atoms with E-state index in [-0.39, 0.29) is 0 Å². The summed E-state index contributed by atoms with van der Waals surface area (Å²) in [5, 5.41) is 7.87. The lowest BCUT2D eigenvalue weighted by atomic mass is 9.99. The third-order valence-electron chi connectivity index (χ3n) is 3.11. The second-order valence-electron chi connectivity index (χ2n) is 5.27. The predicted molar refractivity (Wildman–Crippen MR) is 73.1 cm³/mol. The smallest absolute Gasteiger partial charge is 0.0492 e. The molecule has 3 nitrogen and oxygen atoms in total. The highest BCUT2D eigenvalue weighted by Crippen LogP contribution is 2.11. The van der Waals surface area contributed by atoms with Gasteiger partial charge in [-0.15, -0.1) is 0 Å². The second kappa shape index (κ2) is 7.49. The molecule has 0 fully saturated rings. The molecule has 1 unspecified atom stereocenters. The maximum Gasteiger partial charge on any atom is 0.0492 e. The largest absolute Gasteiger partial charge is 0.314 e. The summed E-state index contributed by atoms with van der Waals surface area (Å²) in [5.74, 6) is 0.760. The first kappa shape index (κ1) is 14.2. The van der Waals surface area contributed by atoms with Gasteiger partial charge < -0.3 is 5.32 Å². The Morgan fingerprint density at radius 3 is 2.71 bits per heavy atom. The fourth-order valence-corrected chi connectivity index (χ4v) is 2.19. The molecule has 0 aromatic carbocycles. The van der Waals surface area contributed by atoms with Crippen LogP contribution in [-0.4, -0.2) is 22.4 Å². The zero-order valence-electron chi connectivity index (χ0n) is 11.7. The molecule has 0 amide bonds. The van der Waals surface area contributed by atoms with Crippen molar-refractivity contribution in [2.24, 2.45) is 13.0 Å². The van der Waals surface area contributed by atoms with Crippen molar-refractivity contribution >= 4 is 0 Å². The van der Waals surface area contributed by atoms with Gasteiger partial charge in [-0.3, -0.25) is 4.68 Å². The summed E-state index contributed by atoms with van der Waals surface area (Å²) in [6, 6.07) is 2.76. The van der Waals surface area contributed by atoms with Gasteiger partial charge in [0, 0.05) is 25.0 Å². The molecule has 0 bridgehead atoms. The van der Waals surface area contributed by atoms with Crippen LogP contribution in [0.4, 0.5) is 0 Å². The number of aryl methyl sites for hydroxylation is 2. The quantitative estimate of drug-likeness (QED) is 0.753. The number of hydrogen-bond donors (Lipinski definition) is 1. The molecule has 1 heterocycles. The van der Waals surface area contributed by atoms with Gasteiger partial charge in [-0.05, 0) is 44.2 Å². The van der Waals surface area contributed by atoms with Crippen LogP contribution in [0, 0.1) is 5.92 Å². The minimum absolute atomic E-state index is 0.643. The van der Waals surface area contributed by atoms with E-state index in [0.29, 0.717) is 6.04 Å². The van der Waals surface area contributed by atoms with Crippen molar-refractivity contribution in [3.05, 3.63) is 18.0 Å². The summed E-state index contributed by atoms with van der Waals surface area (Å²) in [7, 11) is 2.02. The first-order valence-corrected chi connectivity index (χ1v) is 6.83. The number of nitrogens with one attached hydrogen (secondary N) is 1. The highest BCUT2D eigenvalue weighted by molar-refractivity contribution is 5.00. The molecule has 0 spiro atoms. The van der Waals surface area contributed by atoms with Gasteiger partial charge in [0.25, 0.3) is 0 Å². The van der Waals surface area contributed by atoms with Crippen molar-refractivity contribution in [3.8, 4) is 0 Å². The Morgan fingerprint density at radius 2 is 2.18 bits per heavy atom. The molecule has 98 valence electrons. The first-order chi connectivity index (χ1) is 8.13. The normalized spacial score (nSPS) is 13.2. The van der Waals surface area contributed by atoms with Crippen LogP contribution in [0.5, 0.6) is 0 Å². The third kappa shape index (κ3) is 5.35. The number of hydrogen-bond acceptors (Lipinski definition) is 2. The monoisotopic (exact) mass is 237 g/mol. The van der Waals surface area contributed by atoms with Crippen LogP contribution < -0.4 is 5.32 Å². The van der Waals surface area contributed by atoms with E-state index >= 15 is 0 Å². The maximum absolute atomic E-state index is 4.21. The van der Waals surface area contributed by atoms with Crippen LogP contribution >= 0.6 is 0 Å². The summed E-state index contributed by atoms with van der Waals surface area (Å²) in [5.41, 5.74) is 1.33. The molecule has 1 aromatic heterocycles. The van der Waals surface area contributed by atoms with Crippen molar-refractivity contribution < 1.29 is 0 Å². The molecule has 0 aliphatic heterocycles. The summed E-state index contributed by atoms with van der Waals surface area (Å²) < 4.78 is 1.98. The van der Waals surface area contributed by atoms with Gasteiger partial charge in [-0.1, -0.05) is 20.8 Å². The van der Waals surface area contributed by atoms with E-state index in [2.05, 4.69) is 37.3 Å². The highest BCUT2D eigenvalue weighted by atomic mass is 15.2. The molecule has 1 aromatic rings. The van der Waals surface area contributed by atoms with E-state index in [9.17, 15) is 0 Å². The average molecular weight is 237 g/mol. The van der Waals surface area contributed by atoms with Crippen LogP contribution in [0.15, 0.2) is 12.3 Å². The number of rotatable bonds is 8. The third-order valence-corrected chi connectivity index (χ3v) is 3.11. The van der Waals surface area contributed by atoms with E-state index in [4.69, 9.17) is 0 Å². The Kier molecular flexibility index (Phi) is 6.27. The molecule has 0 aliphatic rings. The fraction of sp³-hybridized carbons (Fsp3) is 0.786. The van der Waals surface area contributed by atoms with E-state index in [1.807, 2.05) is 17.9 Å². The zero-order chi connectivity index (χ0) is 12.7. The molecule has 0 saturated carbocycles. The van der Waals surface area contributed by atoms with E-state index in [1.165, 1.54) is 25.0 Å². The van der Waals surface area contributed by atoms with E-state index < -0.39 is 0 Å².